The first-order chi connectivity index (χ1) is 11.7. The van der Waals surface area contributed by atoms with Crippen LogP contribution in [0.3, 0.4) is 0 Å². The maximum Gasteiger partial charge on any atom is 0.410 e. The maximum absolute atomic E-state index is 12.3. The van der Waals surface area contributed by atoms with E-state index in [4.69, 9.17) is 16.3 Å². The monoisotopic (exact) mass is 430 g/mol. The zero-order valence-electron chi connectivity index (χ0n) is 14.5. The number of rotatable bonds is 1. The quantitative estimate of drug-likeness (QED) is 0.691. The van der Waals surface area contributed by atoms with E-state index >= 15 is 0 Å². The van der Waals surface area contributed by atoms with Gasteiger partial charge in [-0.15, -0.1) is 5.10 Å². The van der Waals surface area contributed by atoms with Crippen molar-refractivity contribution in [1.29, 1.82) is 0 Å². The Labute approximate surface area is 159 Å². The summed E-state index contributed by atoms with van der Waals surface area (Å²) in [6, 6.07) is 0.0338. The van der Waals surface area contributed by atoms with Crippen molar-refractivity contribution < 1.29 is 9.53 Å². The number of carbonyl (C=O) groups is 1. The Bertz CT molecular complexity index is 805. The third kappa shape index (κ3) is 3.82. The minimum atomic E-state index is -0.508. The molecule has 1 aliphatic rings. The molecule has 0 spiro atoms. The van der Waals surface area contributed by atoms with Gasteiger partial charge in [-0.2, -0.15) is 4.98 Å². The summed E-state index contributed by atoms with van der Waals surface area (Å²) < 4.78 is 7.77. The third-order valence-electron chi connectivity index (χ3n) is 3.83. The molecule has 25 heavy (non-hydrogen) atoms. The van der Waals surface area contributed by atoms with Crippen LogP contribution in [0, 0.1) is 0 Å². The van der Waals surface area contributed by atoms with Crippen molar-refractivity contribution in [2.75, 3.05) is 24.5 Å². The zero-order valence-corrected chi connectivity index (χ0v) is 16.9. The zero-order chi connectivity index (χ0) is 18.4. The van der Waals surface area contributed by atoms with E-state index in [9.17, 15) is 4.79 Å². The number of halogens is 2. The third-order valence-corrected chi connectivity index (χ3v) is 4.53. The Morgan fingerprint density at radius 3 is 2.76 bits per heavy atom. The first kappa shape index (κ1) is 18.2. The molecule has 1 amide bonds. The minimum absolute atomic E-state index is 0.0338. The summed E-state index contributed by atoms with van der Waals surface area (Å²) in [5.41, 5.74) is 0.111. The molecular formula is C15H20BrClN6O2. The van der Waals surface area contributed by atoms with Crippen molar-refractivity contribution >= 4 is 45.1 Å². The highest BCUT2D eigenvalue weighted by molar-refractivity contribution is 9.10. The number of nitrogens with zero attached hydrogens (tertiary/aromatic N) is 6. The van der Waals surface area contributed by atoms with E-state index < -0.39 is 5.60 Å². The van der Waals surface area contributed by atoms with Gasteiger partial charge in [0.25, 0.3) is 0 Å². The number of imidazole rings is 1. The molecule has 1 atom stereocenters. The molecule has 2 aromatic rings. The number of fused-ring (bicyclic) bond motifs is 1. The van der Waals surface area contributed by atoms with Crippen LogP contribution in [0.5, 0.6) is 0 Å². The van der Waals surface area contributed by atoms with E-state index in [0.29, 0.717) is 35.7 Å². The van der Waals surface area contributed by atoms with E-state index in [2.05, 4.69) is 35.9 Å². The van der Waals surface area contributed by atoms with Crippen molar-refractivity contribution in [2.45, 2.75) is 39.3 Å². The predicted molar refractivity (Wildman–Crippen MR) is 98.1 cm³/mol. The summed E-state index contributed by atoms with van der Waals surface area (Å²) in [7, 11) is 0. The number of hydrogen-bond donors (Lipinski definition) is 0. The van der Waals surface area contributed by atoms with Crippen LogP contribution in [-0.2, 0) is 4.74 Å². The summed E-state index contributed by atoms with van der Waals surface area (Å²) in [6.45, 7) is 9.29. The van der Waals surface area contributed by atoms with E-state index in [1.165, 1.54) is 0 Å². The smallest absolute Gasteiger partial charge is 0.410 e. The highest BCUT2D eigenvalue weighted by Crippen LogP contribution is 2.26. The Morgan fingerprint density at radius 2 is 2.12 bits per heavy atom. The largest absolute Gasteiger partial charge is 0.444 e. The van der Waals surface area contributed by atoms with E-state index in [1.807, 2.05) is 27.7 Å². The SMILES string of the molecule is C[C@H]1CN(C(=O)OC(C)(C)C)CCN1c1nc(Cl)nn2c(Br)cnc12. The number of aromatic nitrogens is 4. The molecule has 2 aromatic heterocycles. The van der Waals surface area contributed by atoms with Crippen molar-refractivity contribution in [3.05, 3.63) is 16.1 Å². The van der Waals surface area contributed by atoms with Crippen LogP contribution in [0.4, 0.5) is 10.6 Å². The van der Waals surface area contributed by atoms with Gasteiger partial charge in [-0.25, -0.2) is 14.3 Å². The average Bonchev–Trinajstić information content (AvgIpc) is 2.86. The second-order valence-electron chi connectivity index (χ2n) is 6.99. The van der Waals surface area contributed by atoms with Crippen molar-refractivity contribution in [1.82, 2.24) is 24.5 Å². The lowest BCUT2D eigenvalue weighted by Crippen LogP contribution is -2.55. The van der Waals surface area contributed by atoms with Crippen LogP contribution < -0.4 is 4.90 Å². The fourth-order valence-corrected chi connectivity index (χ4v) is 3.28. The molecule has 1 aliphatic heterocycles. The van der Waals surface area contributed by atoms with Gasteiger partial charge in [-0.1, -0.05) is 0 Å². The van der Waals surface area contributed by atoms with Crippen LogP contribution in [0.15, 0.2) is 10.8 Å². The Balaban J connectivity index is 1.82. The number of piperazine rings is 1. The molecule has 0 unspecified atom stereocenters. The van der Waals surface area contributed by atoms with Crippen LogP contribution >= 0.6 is 27.5 Å². The number of anilines is 1. The van der Waals surface area contributed by atoms with Crippen molar-refractivity contribution in [3.63, 3.8) is 0 Å². The van der Waals surface area contributed by atoms with Gasteiger partial charge in [0.2, 0.25) is 5.28 Å². The van der Waals surface area contributed by atoms with Crippen LogP contribution in [0.2, 0.25) is 5.28 Å². The van der Waals surface area contributed by atoms with Gasteiger partial charge in [0.05, 0.1) is 6.20 Å². The van der Waals surface area contributed by atoms with E-state index in [0.717, 1.165) is 0 Å². The highest BCUT2D eigenvalue weighted by atomic mass is 79.9. The number of ether oxygens (including phenoxy) is 1. The fourth-order valence-electron chi connectivity index (χ4n) is 2.77. The maximum atomic E-state index is 12.3. The van der Waals surface area contributed by atoms with Gasteiger partial charge in [0, 0.05) is 25.7 Å². The first-order valence-electron chi connectivity index (χ1n) is 7.97. The van der Waals surface area contributed by atoms with E-state index in [1.54, 1.807) is 15.6 Å². The number of carbonyl (C=O) groups excluding carboxylic acids is 1. The van der Waals surface area contributed by atoms with Gasteiger partial charge in [-0.05, 0) is 55.2 Å². The Morgan fingerprint density at radius 1 is 1.40 bits per heavy atom. The van der Waals surface area contributed by atoms with Gasteiger partial charge < -0.3 is 14.5 Å². The summed E-state index contributed by atoms with van der Waals surface area (Å²) >= 11 is 9.46. The second-order valence-corrected chi connectivity index (χ2v) is 8.14. The molecule has 0 bridgehead atoms. The van der Waals surface area contributed by atoms with Gasteiger partial charge in [0.15, 0.2) is 11.5 Å². The molecule has 10 heteroatoms. The second kappa shape index (κ2) is 6.60. The molecule has 1 fully saturated rings. The standard InChI is InChI=1S/C15H20BrClN6O2/c1-9-8-21(14(24)25-15(2,3)4)5-6-22(9)12-11-18-7-10(16)23(11)20-13(17)19-12/h7,9H,5-6,8H2,1-4H3/t9-/m0/s1. The number of amides is 1. The first-order valence-corrected chi connectivity index (χ1v) is 9.14. The fraction of sp³-hybridized carbons (Fsp3) is 0.600. The van der Waals surface area contributed by atoms with Gasteiger partial charge >= 0.3 is 6.09 Å². The summed E-state index contributed by atoms with van der Waals surface area (Å²) in [5.74, 6) is 0.655. The van der Waals surface area contributed by atoms with Crippen LogP contribution in [-0.4, -0.2) is 61.9 Å². The molecule has 3 heterocycles. The van der Waals surface area contributed by atoms with Crippen molar-refractivity contribution in [3.8, 4) is 0 Å². The normalized spacial score (nSPS) is 18.7. The molecular weight excluding hydrogens is 412 g/mol. The molecule has 3 rings (SSSR count). The minimum Gasteiger partial charge on any atom is -0.444 e. The Hall–Kier alpha value is -1.61. The van der Waals surface area contributed by atoms with Gasteiger partial charge in [0.1, 0.15) is 10.2 Å². The highest BCUT2D eigenvalue weighted by Gasteiger charge is 2.32. The summed E-state index contributed by atoms with van der Waals surface area (Å²) in [4.78, 5) is 24.8. The van der Waals surface area contributed by atoms with Gasteiger partial charge in [-0.3, -0.25) is 0 Å². The predicted octanol–water partition coefficient (Wildman–Crippen LogP) is 2.99. The average molecular weight is 432 g/mol. The Kier molecular flexibility index (Phi) is 4.80. The molecule has 0 aromatic carbocycles. The molecule has 0 saturated carbocycles. The van der Waals surface area contributed by atoms with Crippen LogP contribution in [0.25, 0.3) is 5.65 Å². The van der Waals surface area contributed by atoms with Crippen LogP contribution in [0.1, 0.15) is 27.7 Å². The lowest BCUT2D eigenvalue weighted by molar-refractivity contribution is 0.0218. The molecule has 1 saturated heterocycles. The lowest BCUT2D eigenvalue weighted by atomic mass is 10.2. The molecule has 0 radical (unpaired) electrons. The topological polar surface area (TPSA) is 75.9 Å². The molecule has 8 nitrogen and oxygen atoms in total. The molecule has 136 valence electrons. The summed E-state index contributed by atoms with van der Waals surface area (Å²) in [6.07, 6.45) is 1.36. The lowest BCUT2D eigenvalue weighted by Gasteiger charge is -2.40. The molecule has 0 aliphatic carbocycles. The summed E-state index contributed by atoms with van der Waals surface area (Å²) in [5, 5.41) is 4.29. The number of hydrogen-bond acceptors (Lipinski definition) is 6. The molecule has 0 N–H and O–H groups in total. The van der Waals surface area contributed by atoms with Crippen molar-refractivity contribution in [2.24, 2.45) is 0 Å². The van der Waals surface area contributed by atoms with E-state index in [-0.39, 0.29) is 17.4 Å².